The average molecular weight is 476 g/mol. The lowest BCUT2D eigenvalue weighted by Gasteiger charge is -2.32. The van der Waals surface area contributed by atoms with Crippen molar-refractivity contribution in [3.63, 3.8) is 0 Å². The average Bonchev–Trinajstić information content (AvgIpc) is 3.25. The molecule has 3 rings (SSSR count). The fourth-order valence-electron chi connectivity index (χ4n) is 3.65. The first-order valence-electron chi connectivity index (χ1n) is 10.7. The maximum Gasteiger partial charge on any atom is 0.244 e. The lowest BCUT2D eigenvalue weighted by molar-refractivity contribution is -0.140. The van der Waals surface area contributed by atoms with E-state index in [1.807, 2.05) is 37.3 Å². The third-order valence-corrected chi connectivity index (χ3v) is 6.40. The molecular weight excluding hydrogens is 446 g/mol. The molecule has 9 nitrogen and oxygen atoms in total. The molecule has 2 amide bonds. The van der Waals surface area contributed by atoms with Crippen LogP contribution < -0.4 is 19.1 Å². The number of nitrogens with one attached hydrogen (secondary N) is 1. The zero-order valence-corrected chi connectivity index (χ0v) is 19.8. The maximum absolute atomic E-state index is 13.5. The highest BCUT2D eigenvalue weighted by atomic mass is 32.2. The van der Waals surface area contributed by atoms with E-state index in [-0.39, 0.29) is 24.9 Å². The quantitative estimate of drug-likeness (QED) is 0.564. The number of ether oxygens (including phenoxy) is 2. The van der Waals surface area contributed by atoms with Crippen LogP contribution in [0.3, 0.4) is 0 Å². The van der Waals surface area contributed by atoms with Gasteiger partial charge in [-0.3, -0.25) is 13.9 Å². The van der Waals surface area contributed by atoms with Crippen LogP contribution in [0, 0.1) is 0 Å². The first kappa shape index (κ1) is 24.4. The van der Waals surface area contributed by atoms with E-state index in [0.29, 0.717) is 24.5 Å². The molecule has 2 aromatic carbocycles. The zero-order valence-electron chi connectivity index (χ0n) is 19.0. The number of sulfonamides is 1. The third-order valence-electron chi connectivity index (χ3n) is 5.26. The highest BCUT2D eigenvalue weighted by molar-refractivity contribution is 7.92. The number of rotatable bonds is 10. The molecule has 2 aromatic rings. The monoisotopic (exact) mass is 475 g/mol. The summed E-state index contributed by atoms with van der Waals surface area (Å²) in [6.45, 7) is 3.81. The molecule has 1 aliphatic rings. The second-order valence-corrected chi connectivity index (χ2v) is 9.54. The van der Waals surface area contributed by atoms with E-state index in [2.05, 4.69) is 5.32 Å². The maximum atomic E-state index is 13.5. The number of anilines is 1. The van der Waals surface area contributed by atoms with Crippen molar-refractivity contribution in [1.82, 2.24) is 10.2 Å². The Kier molecular flexibility index (Phi) is 7.80. The third kappa shape index (κ3) is 5.95. The highest BCUT2D eigenvalue weighted by Gasteiger charge is 2.32. The predicted octanol–water partition coefficient (Wildman–Crippen LogP) is 2.12. The molecule has 10 heteroatoms. The van der Waals surface area contributed by atoms with E-state index >= 15 is 0 Å². The number of carbonyl (C=O) groups excluding carboxylic acids is 2. The number of carbonyl (C=O) groups is 2. The summed E-state index contributed by atoms with van der Waals surface area (Å²) in [6.07, 6.45) is 1.42. The Labute approximate surface area is 194 Å². The van der Waals surface area contributed by atoms with Crippen molar-refractivity contribution in [3.8, 4) is 11.5 Å². The number of hydrogen-bond acceptors (Lipinski definition) is 6. The lowest BCUT2D eigenvalue weighted by atomic mass is 10.1. The second kappa shape index (κ2) is 10.6. The van der Waals surface area contributed by atoms with Gasteiger partial charge >= 0.3 is 0 Å². The zero-order chi connectivity index (χ0) is 24.0. The molecule has 0 fully saturated rings. The van der Waals surface area contributed by atoms with Gasteiger partial charge in [0.2, 0.25) is 28.6 Å². The molecule has 1 aliphatic heterocycles. The largest absolute Gasteiger partial charge is 0.454 e. The first-order valence-corrected chi connectivity index (χ1v) is 12.6. The number of amides is 2. The second-order valence-electron chi connectivity index (χ2n) is 7.63. The van der Waals surface area contributed by atoms with Crippen LogP contribution in [0.5, 0.6) is 11.5 Å². The van der Waals surface area contributed by atoms with Gasteiger partial charge in [-0.2, -0.15) is 0 Å². The summed E-state index contributed by atoms with van der Waals surface area (Å²) < 4.78 is 36.9. The SMILES string of the molecule is CCNC(=O)C(CC)N(Cc1ccccc1)C(=O)CN(c1ccc2c(c1)OCO2)S(C)(=O)=O. The summed E-state index contributed by atoms with van der Waals surface area (Å²) >= 11 is 0. The molecule has 178 valence electrons. The fraction of sp³-hybridized carbons (Fsp3) is 0.391. The Morgan fingerprint density at radius 3 is 2.39 bits per heavy atom. The Bertz CT molecular complexity index is 1090. The molecule has 0 saturated carbocycles. The van der Waals surface area contributed by atoms with Crippen molar-refractivity contribution >= 4 is 27.5 Å². The number of likely N-dealkylation sites (N-methyl/N-ethyl adjacent to an activating group) is 1. The van der Waals surface area contributed by atoms with Gasteiger partial charge in [0.1, 0.15) is 12.6 Å². The number of nitrogens with zero attached hydrogens (tertiary/aromatic N) is 2. The summed E-state index contributed by atoms with van der Waals surface area (Å²) in [5.74, 6) is 0.147. The van der Waals surface area contributed by atoms with Crippen LogP contribution in [0.15, 0.2) is 48.5 Å². The van der Waals surface area contributed by atoms with Gasteiger partial charge in [-0.15, -0.1) is 0 Å². The molecule has 0 radical (unpaired) electrons. The van der Waals surface area contributed by atoms with Crippen molar-refractivity contribution in [2.24, 2.45) is 0 Å². The van der Waals surface area contributed by atoms with Gasteiger partial charge in [-0.1, -0.05) is 37.3 Å². The van der Waals surface area contributed by atoms with Crippen LogP contribution in [0.25, 0.3) is 0 Å². The Hall–Kier alpha value is -3.27. The predicted molar refractivity (Wildman–Crippen MR) is 125 cm³/mol. The standard InChI is InChI=1S/C23H29N3O6S/c1-4-19(23(28)24-5-2)25(14-17-9-7-6-8-10-17)22(27)15-26(33(3,29)30)18-11-12-20-21(13-18)32-16-31-20/h6-13,19H,4-5,14-16H2,1-3H3,(H,24,28). The van der Waals surface area contributed by atoms with Gasteiger partial charge in [0, 0.05) is 19.2 Å². The molecule has 1 N–H and O–H groups in total. The molecule has 33 heavy (non-hydrogen) atoms. The molecule has 1 heterocycles. The van der Waals surface area contributed by atoms with E-state index in [9.17, 15) is 18.0 Å². The fourth-order valence-corrected chi connectivity index (χ4v) is 4.49. The Morgan fingerprint density at radius 1 is 1.06 bits per heavy atom. The Morgan fingerprint density at radius 2 is 1.76 bits per heavy atom. The topological polar surface area (TPSA) is 105 Å². The van der Waals surface area contributed by atoms with Gasteiger partial charge in [0.15, 0.2) is 11.5 Å². The van der Waals surface area contributed by atoms with Crippen molar-refractivity contribution < 1.29 is 27.5 Å². The molecule has 1 atom stereocenters. The minimum Gasteiger partial charge on any atom is -0.454 e. The van der Waals surface area contributed by atoms with Gasteiger partial charge in [0.05, 0.1) is 11.9 Å². The molecule has 0 bridgehead atoms. The van der Waals surface area contributed by atoms with Crippen LogP contribution in [-0.2, 0) is 26.2 Å². The number of fused-ring (bicyclic) bond motifs is 1. The minimum atomic E-state index is -3.81. The summed E-state index contributed by atoms with van der Waals surface area (Å²) in [4.78, 5) is 27.7. The van der Waals surface area contributed by atoms with Crippen molar-refractivity contribution in [2.75, 3.05) is 30.4 Å². The molecule has 1 unspecified atom stereocenters. The lowest BCUT2D eigenvalue weighted by Crippen LogP contribution is -2.52. The molecular formula is C23H29N3O6S. The van der Waals surface area contributed by atoms with Crippen molar-refractivity contribution in [3.05, 3.63) is 54.1 Å². The van der Waals surface area contributed by atoms with E-state index in [1.54, 1.807) is 19.1 Å². The van der Waals surface area contributed by atoms with Crippen LogP contribution >= 0.6 is 0 Å². The normalized spacial score (nSPS) is 13.3. The van der Waals surface area contributed by atoms with E-state index in [4.69, 9.17) is 9.47 Å². The minimum absolute atomic E-state index is 0.0478. The van der Waals surface area contributed by atoms with Crippen LogP contribution in [0.2, 0.25) is 0 Å². The van der Waals surface area contributed by atoms with Gasteiger partial charge < -0.3 is 19.7 Å². The number of benzene rings is 2. The molecule has 0 saturated heterocycles. The van der Waals surface area contributed by atoms with E-state index in [0.717, 1.165) is 16.1 Å². The summed E-state index contributed by atoms with van der Waals surface area (Å²) in [5.41, 5.74) is 1.11. The number of hydrogen-bond donors (Lipinski definition) is 1. The van der Waals surface area contributed by atoms with Crippen molar-refractivity contribution in [1.29, 1.82) is 0 Å². The molecule has 0 aromatic heterocycles. The van der Waals surface area contributed by atoms with Gasteiger partial charge in [-0.05, 0) is 31.0 Å². The van der Waals surface area contributed by atoms with Gasteiger partial charge in [-0.25, -0.2) is 8.42 Å². The van der Waals surface area contributed by atoms with E-state index in [1.165, 1.54) is 11.0 Å². The van der Waals surface area contributed by atoms with E-state index < -0.39 is 28.5 Å². The van der Waals surface area contributed by atoms with Crippen LogP contribution in [0.4, 0.5) is 5.69 Å². The van der Waals surface area contributed by atoms with Crippen LogP contribution in [-0.4, -0.2) is 57.3 Å². The summed E-state index contributed by atoms with van der Waals surface area (Å²) in [6, 6.07) is 13.2. The van der Waals surface area contributed by atoms with Crippen molar-refractivity contribution in [2.45, 2.75) is 32.9 Å². The Balaban J connectivity index is 1.93. The summed E-state index contributed by atoms with van der Waals surface area (Å²) in [7, 11) is -3.81. The highest BCUT2D eigenvalue weighted by Crippen LogP contribution is 2.36. The molecule has 0 aliphatic carbocycles. The first-order chi connectivity index (χ1) is 15.7. The molecule has 0 spiro atoms. The smallest absolute Gasteiger partial charge is 0.244 e. The van der Waals surface area contributed by atoms with Crippen LogP contribution in [0.1, 0.15) is 25.8 Å². The summed E-state index contributed by atoms with van der Waals surface area (Å²) in [5, 5.41) is 2.77. The van der Waals surface area contributed by atoms with Gasteiger partial charge in [0.25, 0.3) is 0 Å².